The monoisotopic (exact) mass is 254 g/mol. The van der Waals surface area contributed by atoms with Crippen molar-refractivity contribution in [3.05, 3.63) is 12.2 Å². The third-order valence-electron chi connectivity index (χ3n) is 3.38. The van der Waals surface area contributed by atoms with E-state index in [9.17, 15) is 4.79 Å². The summed E-state index contributed by atoms with van der Waals surface area (Å²) in [6.07, 6.45) is 14.1. The summed E-state index contributed by atoms with van der Waals surface area (Å²) in [4.78, 5) is 10.3. The lowest BCUT2D eigenvalue weighted by Gasteiger charge is -2.00. The van der Waals surface area contributed by atoms with Crippen LogP contribution in [0.5, 0.6) is 0 Å². The van der Waals surface area contributed by atoms with Crippen LogP contribution in [-0.2, 0) is 9.53 Å². The molecule has 0 aromatic heterocycles. The van der Waals surface area contributed by atoms with Gasteiger partial charge in [-0.05, 0) is 25.7 Å². The Bertz CT molecular complexity index is 242. The molecule has 1 aliphatic rings. The number of ether oxygens (including phenoxy) is 1. The first kappa shape index (κ1) is 15.2. The highest BCUT2D eigenvalue weighted by Crippen LogP contribution is 2.14. The summed E-state index contributed by atoms with van der Waals surface area (Å²) in [5.74, 6) is -0.0166. The number of unbranched alkanes of at least 4 members (excludes halogenated alkanes) is 6. The van der Waals surface area contributed by atoms with Crippen LogP contribution in [0.2, 0.25) is 0 Å². The summed E-state index contributed by atoms with van der Waals surface area (Å²) < 4.78 is 5.31. The number of carbonyl (C=O) groups is 1. The molecule has 0 aromatic rings. The van der Waals surface area contributed by atoms with Gasteiger partial charge in [0.15, 0.2) is 0 Å². The number of carboxylic acid groups (broad SMARTS) is 1. The normalized spacial score (nSPS) is 19.7. The van der Waals surface area contributed by atoms with Crippen molar-refractivity contribution in [1.82, 2.24) is 0 Å². The molecule has 0 aliphatic carbocycles. The van der Waals surface area contributed by atoms with Gasteiger partial charge in [0.1, 0.15) is 0 Å². The molecule has 1 N–H and O–H groups in total. The number of hydrogen-bond donors (Lipinski definition) is 1. The van der Waals surface area contributed by atoms with Gasteiger partial charge < -0.3 is 9.84 Å². The van der Waals surface area contributed by atoms with Crippen LogP contribution in [-0.4, -0.2) is 24.3 Å². The second-order valence-corrected chi connectivity index (χ2v) is 5.11. The maximum absolute atomic E-state index is 10.3. The Morgan fingerprint density at radius 3 is 2.56 bits per heavy atom. The van der Waals surface area contributed by atoms with Crippen LogP contribution in [0.1, 0.15) is 57.8 Å². The number of carboxylic acids is 1. The van der Waals surface area contributed by atoms with Crippen LogP contribution in [0.3, 0.4) is 0 Å². The molecule has 1 aliphatic heterocycles. The lowest BCUT2D eigenvalue weighted by molar-refractivity contribution is -0.137. The van der Waals surface area contributed by atoms with Crippen molar-refractivity contribution >= 4 is 5.97 Å². The summed E-state index contributed by atoms with van der Waals surface area (Å²) in [5, 5.41) is 8.49. The largest absolute Gasteiger partial charge is 0.481 e. The highest BCUT2D eigenvalue weighted by molar-refractivity contribution is 5.66. The molecule has 1 saturated heterocycles. The van der Waals surface area contributed by atoms with Gasteiger partial charge in [0, 0.05) is 18.9 Å². The second-order valence-electron chi connectivity index (χ2n) is 5.11. The third-order valence-corrected chi connectivity index (χ3v) is 3.38. The summed E-state index contributed by atoms with van der Waals surface area (Å²) in [6, 6.07) is 0. The van der Waals surface area contributed by atoms with E-state index < -0.39 is 5.97 Å². The molecule has 18 heavy (non-hydrogen) atoms. The molecule has 1 atom stereocenters. The van der Waals surface area contributed by atoms with Gasteiger partial charge >= 0.3 is 5.97 Å². The van der Waals surface area contributed by atoms with Crippen LogP contribution in [0, 0.1) is 5.92 Å². The predicted molar refractivity (Wildman–Crippen MR) is 72.6 cm³/mol. The molecule has 0 bridgehead atoms. The summed E-state index contributed by atoms with van der Waals surface area (Å²) in [5.41, 5.74) is 0. The molecule has 0 spiro atoms. The highest BCUT2D eigenvalue weighted by Gasteiger charge is 2.10. The molecule has 1 heterocycles. The van der Waals surface area contributed by atoms with E-state index in [0.717, 1.165) is 26.1 Å². The van der Waals surface area contributed by atoms with Crippen LogP contribution in [0.4, 0.5) is 0 Å². The summed E-state index contributed by atoms with van der Waals surface area (Å²) in [6.45, 7) is 1.82. The van der Waals surface area contributed by atoms with E-state index in [0.29, 0.717) is 12.3 Å². The van der Waals surface area contributed by atoms with Gasteiger partial charge in [-0.2, -0.15) is 0 Å². The molecule has 1 fully saturated rings. The van der Waals surface area contributed by atoms with Gasteiger partial charge in [-0.3, -0.25) is 4.79 Å². The van der Waals surface area contributed by atoms with Crippen molar-refractivity contribution in [3.8, 4) is 0 Å². The molecule has 1 rings (SSSR count). The van der Waals surface area contributed by atoms with Gasteiger partial charge in [-0.1, -0.05) is 37.8 Å². The maximum Gasteiger partial charge on any atom is 0.303 e. The number of rotatable bonds is 10. The van der Waals surface area contributed by atoms with Crippen molar-refractivity contribution in [2.45, 2.75) is 57.8 Å². The quantitative estimate of drug-likeness (QED) is 0.476. The third kappa shape index (κ3) is 8.29. The van der Waals surface area contributed by atoms with Crippen molar-refractivity contribution in [2.24, 2.45) is 5.92 Å². The fourth-order valence-electron chi connectivity index (χ4n) is 2.24. The van der Waals surface area contributed by atoms with Gasteiger partial charge in [0.05, 0.1) is 6.61 Å². The minimum Gasteiger partial charge on any atom is -0.481 e. The first-order valence-electron chi connectivity index (χ1n) is 7.25. The predicted octanol–water partition coefficient (Wildman–Crippen LogP) is 3.78. The van der Waals surface area contributed by atoms with Gasteiger partial charge in [-0.25, -0.2) is 0 Å². The minimum absolute atomic E-state index is 0.326. The lowest BCUT2D eigenvalue weighted by Crippen LogP contribution is -1.93. The van der Waals surface area contributed by atoms with Crippen molar-refractivity contribution in [2.75, 3.05) is 13.2 Å². The molecule has 0 amide bonds. The molecular formula is C15H26O3. The molecule has 3 heteroatoms. The minimum atomic E-state index is -0.670. The van der Waals surface area contributed by atoms with Gasteiger partial charge in [-0.15, -0.1) is 0 Å². The molecule has 0 saturated carbocycles. The molecule has 3 nitrogen and oxygen atoms in total. The number of hydrogen-bond acceptors (Lipinski definition) is 2. The van der Waals surface area contributed by atoms with Crippen LogP contribution in [0.15, 0.2) is 12.2 Å². The van der Waals surface area contributed by atoms with Gasteiger partial charge in [0.25, 0.3) is 0 Å². The Hall–Kier alpha value is -0.830. The van der Waals surface area contributed by atoms with Gasteiger partial charge in [0.2, 0.25) is 0 Å². The molecule has 0 aromatic carbocycles. The van der Waals surface area contributed by atoms with E-state index in [2.05, 4.69) is 12.2 Å². The van der Waals surface area contributed by atoms with E-state index in [1.54, 1.807) is 0 Å². The first-order valence-corrected chi connectivity index (χ1v) is 7.25. The number of allylic oxidation sites excluding steroid dienone is 1. The standard InChI is InChI=1S/C15H26O3/c16-15(17)10-8-6-4-2-1-3-5-7-9-14-11-12-18-13-14/h7,9,14H,1-6,8,10-13H2,(H,16,17). The second kappa shape index (κ2) is 10.1. The molecule has 104 valence electrons. The smallest absolute Gasteiger partial charge is 0.303 e. The van der Waals surface area contributed by atoms with E-state index in [-0.39, 0.29) is 0 Å². The SMILES string of the molecule is O=C(O)CCCCCCCCC=CC1CCOC1. The molecule has 1 unspecified atom stereocenters. The highest BCUT2D eigenvalue weighted by atomic mass is 16.5. The lowest BCUT2D eigenvalue weighted by atomic mass is 10.1. The summed E-state index contributed by atoms with van der Waals surface area (Å²) in [7, 11) is 0. The van der Waals surface area contributed by atoms with Crippen LogP contribution >= 0.6 is 0 Å². The maximum atomic E-state index is 10.3. The fraction of sp³-hybridized carbons (Fsp3) is 0.800. The van der Waals surface area contributed by atoms with Crippen LogP contribution < -0.4 is 0 Å². The number of aliphatic carboxylic acids is 1. The van der Waals surface area contributed by atoms with E-state index in [1.807, 2.05) is 0 Å². The fourth-order valence-corrected chi connectivity index (χ4v) is 2.24. The Labute approximate surface area is 110 Å². The summed E-state index contributed by atoms with van der Waals surface area (Å²) >= 11 is 0. The van der Waals surface area contributed by atoms with E-state index in [1.165, 1.54) is 38.5 Å². The van der Waals surface area contributed by atoms with E-state index in [4.69, 9.17) is 9.84 Å². The van der Waals surface area contributed by atoms with Crippen molar-refractivity contribution in [1.29, 1.82) is 0 Å². The zero-order valence-electron chi connectivity index (χ0n) is 11.3. The zero-order valence-corrected chi connectivity index (χ0v) is 11.3. The Morgan fingerprint density at radius 1 is 1.17 bits per heavy atom. The topological polar surface area (TPSA) is 46.5 Å². The first-order chi connectivity index (χ1) is 8.79. The Kier molecular flexibility index (Phi) is 8.57. The van der Waals surface area contributed by atoms with E-state index >= 15 is 0 Å². The zero-order chi connectivity index (χ0) is 13.1. The molecule has 0 radical (unpaired) electrons. The van der Waals surface area contributed by atoms with Crippen molar-refractivity contribution in [3.63, 3.8) is 0 Å². The molecular weight excluding hydrogens is 228 g/mol. The van der Waals surface area contributed by atoms with Crippen molar-refractivity contribution < 1.29 is 14.6 Å². The van der Waals surface area contributed by atoms with Crippen LogP contribution in [0.25, 0.3) is 0 Å². The average Bonchev–Trinajstić information content (AvgIpc) is 2.84. The Balaban J connectivity index is 1.79. The average molecular weight is 254 g/mol. The Morgan fingerprint density at radius 2 is 1.89 bits per heavy atom.